The highest BCUT2D eigenvalue weighted by Crippen LogP contribution is 2.23. The molecule has 0 atom stereocenters. The van der Waals surface area contributed by atoms with Crippen LogP contribution in [0.4, 0.5) is 5.69 Å². The fourth-order valence-corrected chi connectivity index (χ4v) is 4.18. The topological polar surface area (TPSA) is 87.5 Å². The van der Waals surface area contributed by atoms with E-state index in [1.807, 2.05) is 49.9 Å². The lowest BCUT2D eigenvalue weighted by Crippen LogP contribution is -2.42. The molecule has 0 saturated heterocycles. The number of carbonyl (C=O) groups excluding carboxylic acids is 2. The molecule has 1 aromatic carbocycles. The van der Waals surface area contributed by atoms with Crippen molar-refractivity contribution in [1.29, 1.82) is 0 Å². The first-order valence-corrected chi connectivity index (χ1v) is 11.7. The number of aryl methyl sites for hydroxylation is 2. The maximum atomic E-state index is 13.1. The predicted octanol–water partition coefficient (Wildman–Crippen LogP) is 2.26. The summed E-state index contributed by atoms with van der Waals surface area (Å²) in [5.74, 6) is 0.246. The molecule has 2 amide bonds. The molecule has 178 valence electrons. The highest BCUT2D eigenvalue weighted by Gasteiger charge is 2.22. The molecule has 0 spiro atoms. The summed E-state index contributed by atoms with van der Waals surface area (Å²) in [6.07, 6.45) is 1.14. The second-order valence-electron chi connectivity index (χ2n) is 9.09. The summed E-state index contributed by atoms with van der Waals surface area (Å²) < 4.78 is 1.42. The zero-order valence-electron chi connectivity index (χ0n) is 20.1. The van der Waals surface area contributed by atoms with Crippen molar-refractivity contribution < 1.29 is 9.59 Å². The van der Waals surface area contributed by atoms with Crippen molar-refractivity contribution in [2.24, 2.45) is 5.92 Å². The fraction of sp³-hybridized carbons (Fsp3) is 0.520. The van der Waals surface area contributed by atoms with Crippen LogP contribution in [-0.2, 0) is 22.7 Å². The van der Waals surface area contributed by atoms with Crippen molar-refractivity contribution in [3.63, 3.8) is 0 Å². The Morgan fingerprint density at radius 2 is 1.85 bits per heavy atom. The van der Waals surface area contributed by atoms with Crippen molar-refractivity contribution in [2.45, 2.75) is 53.6 Å². The van der Waals surface area contributed by atoms with Gasteiger partial charge in [-0.2, -0.15) is 4.98 Å². The molecular weight excluding hydrogens is 418 g/mol. The van der Waals surface area contributed by atoms with Gasteiger partial charge in [-0.3, -0.25) is 14.2 Å². The summed E-state index contributed by atoms with van der Waals surface area (Å²) in [5, 5.41) is 3.41. The minimum absolute atomic E-state index is 0.0336. The van der Waals surface area contributed by atoms with Crippen molar-refractivity contribution >= 4 is 17.5 Å². The van der Waals surface area contributed by atoms with E-state index in [0.717, 1.165) is 16.9 Å². The van der Waals surface area contributed by atoms with Gasteiger partial charge in [0.1, 0.15) is 6.54 Å². The molecule has 0 bridgehead atoms. The van der Waals surface area contributed by atoms with Gasteiger partial charge in [-0.25, -0.2) is 4.79 Å². The lowest BCUT2D eigenvalue weighted by molar-refractivity contribution is -0.132. The monoisotopic (exact) mass is 453 g/mol. The van der Waals surface area contributed by atoms with Crippen molar-refractivity contribution in [1.82, 2.24) is 19.8 Å². The number of carbonyl (C=O) groups is 2. The summed E-state index contributed by atoms with van der Waals surface area (Å²) in [7, 11) is 0. The Kier molecular flexibility index (Phi) is 8.38. The first kappa shape index (κ1) is 24.6. The zero-order chi connectivity index (χ0) is 24.0. The maximum Gasteiger partial charge on any atom is 0.348 e. The van der Waals surface area contributed by atoms with E-state index in [-0.39, 0.29) is 24.3 Å². The van der Waals surface area contributed by atoms with Gasteiger partial charge in [0, 0.05) is 56.2 Å². The average Bonchev–Trinajstić information content (AvgIpc) is 2.78. The van der Waals surface area contributed by atoms with Crippen LogP contribution in [0.25, 0.3) is 0 Å². The first-order chi connectivity index (χ1) is 15.8. The van der Waals surface area contributed by atoms with Gasteiger partial charge in [0.05, 0.1) is 0 Å². The van der Waals surface area contributed by atoms with Crippen molar-refractivity contribution in [3.05, 3.63) is 57.8 Å². The number of para-hydroxylation sites is 1. The SMILES string of the molecule is Cc1cc(C)n(CC(=O)N2CCCN(C(=O)CC(C)C)c3ccccc3CNCC2)c(=O)n1. The summed E-state index contributed by atoms with van der Waals surface area (Å²) >= 11 is 0. The Morgan fingerprint density at radius 1 is 1.09 bits per heavy atom. The number of rotatable bonds is 4. The summed E-state index contributed by atoms with van der Waals surface area (Å²) in [6, 6.07) is 9.78. The van der Waals surface area contributed by atoms with Crippen LogP contribution in [0, 0.1) is 19.8 Å². The second kappa shape index (κ2) is 11.2. The molecular formula is C25H35N5O3. The quantitative estimate of drug-likeness (QED) is 0.767. The minimum atomic E-state index is -0.405. The van der Waals surface area contributed by atoms with E-state index >= 15 is 0 Å². The summed E-state index contributed by atoms with van der Waals surface area (Å²) in [5.41, 5.74) is 2.97. The van der Waals surface area contributed by atoms with Crippen LogP contribution in [0.3, 0.4) is 0 Å². The van der Waals surface area contributed by atoms with Gasteiger partial charge in [-0.15, -0.1) is 0 Å². The van der Waals surface area contributed by atoms with Crippen LogP contribution in [0.2, 0.25) is 0 Å². The molecule has 8 heteroatoms. The third-order valence-electron chi connectivity index (χ3n) is 5.84. The van der Waals surface area contributed by atoms with Crippen molar-refractivity contribution in [2.75, 3.05) is 31.1 Å². The normalized spacial score (nSPS) is 15.2. The van der Waals surface area contributed by atoms with E-state index < -0.39 is 5.69 Å². The number of hydrogen-bond donors (Lipinski definition) is 1. The van der Waals surface area contributed by atoms with E-state index in [4.69, 9.17) is 0 Å². The molecule has 0 aliphatic carbocycles. The van der Waals surface area contributed by atoms with Crippen LogP contribution in [0.15, 0.2) is 35.1 Å². The second-order valence-corrected chi connectivity index (χ2v) is 9.09. The fourth-order valence-electron chi connectivity index (χ4n) is 4.18. The predicted molar refractivity (Wildman–Crippen MR) is 129 cm³/mol. The molecule has 3 rings (SSSR count). The molecule has 0 saturated carbocycles. The molecule has 1 aromatic heterocycles. The van der Waals surface area contributed by atoms with Crippen LogP contribution in [0.1, 0.15) is 43.6 Å². The molecule has 0 fully saturated rings. The molecule has 0 unspecified atom stereocenters. The number of nitrogens with zero attached hydrogens (tertiary/aromatic N) is 4. The molecule has 8 nitrogen and oxygen atoms in total. The number of fused-ring (bicyclic) bond motifs is 1. The summed E-state index contributed by atoms with van der Waals surface area (Å²) in [4.78, 5) is 46.1. The lowest BCUT2D eigenvalue weighted by Gasteiger charge is -2.27. The molecule has 0 radical (unpaired) electrons. The van der Waals surface area contributed by atoms with E-state index in [0.29, 0.717) is 51.3 Å². The highest BCUT2D eigenvalue weighted by atomic mass is 16.2. The lowest BCUT2D eigenvalue weighted by atomic mass is 10.1. The van der Waals surface area contributed by atoms with Gasteiger partial charge < -0.3 is 15.1 Å². The largest absolute Gasteiger partial charge is 0.348 e. The number of aromatic nitrogens is 2. The number of amides is 2. The highest BCUT2D eigenvalue weighted by molar-refractivity contribution is 5.94. The molecule has 2 aromatic rings. The van der Waals surface area contributed by atoms with Gasteiger partial charge in [-0.1, -0.05) is 32.0 Å². The molecule has 33 heavy (non-hydrogen) atoms. The van der Waals surface area contributed by atoms with Crippen LogP contribution >= 0.6 is 0 Å². The van der Waals surface area contributed by atoms with Gasteiger partial charge in [-0.05, 0) is 43.9 Å². The van der Waals surface area contributed by atoms with Crippen LogP contribution < -0.4 is 15.9 Å². The zero-order valence-corrected chi connectivity index (χ0v) is 20.1. The van der Waals surface area contributed by atoms with E-state index in [9.17, 15) is 14.4 Å². The maximum absolute atomic E-state index is 13.1. The molecule has 1 N–H and O–H groups in total. The third kappa shape index (κ3) is 6.51. The third-order valence-corrected chi connectivity index (χ3v) is 5.84. The van der Waals surface area contributed by atoms with E-state index in [1.165, 1.54) is 4.57 Å². The Hall–Kier alpha value is -3.00. The summed E-state index contributed by atoms with van der Waals surface area (Å²) in [6.45, 7) is 10.5. The molecule has 1 aliphatic heterocycles. The smallest absolute Gasteiger partial charge is 0.340 e. The Bertz CT molecular complexity index is 1050. The first-order valence-electron chi connectivity index (χ1n) is 11.7. The van der Waals surface area contributed by atoms with Crippen LogP contribution in [-0.4, -0.2) is 52.4 Å². The Labute approximate surface area is 195 Å². The number of nitrogens with one attached hydrogen (secondary N) is 1. The minimum Gasteiger partial charge on any atom is -0.340 e. The van der Waals surface area contributed by atoms with Gasteiger partial charge >= 0.3 is 5.69 Å². The van der Waals surface area contributed by atoms with Gasteiger partial charge in [0.2, 0.25) is 11.8 Å². The van der Waals surface area contributed by atoms with E-state index in [1.54, 1.807) is 17.9 Å². The Morgan fingerprint density at radius 3 is 2.58 bits per heavy atom. The van der Waals surface area contributed by atoms with Crippen molar-refractivity contribution in [3.8, 4) is 0 Å². The average molecular weight is 454 g/mol. The van der Waals surface area contributed by atoms with Gasteiger partial charge in [0.25, 0.3) is 0 Å². The Balaban J connectivity index is 1.78. The standard InChI is InChI=1S/C25H35N5O3/c1-18(2)14-23(31)29-12-7-11-28(13-10-26-16-21-8-5-6-9-22(21)29)24(32)17-30-20(4)15-19(3)27-25(30)33/h5-6,8-9,15,18,26H,7,10-14,16-17H2,1-4H3. The number of hydrogen-bond acceptors (Lipinski definition) is 5. The molecule has 1 aliphatic rings. The molecule has 2 heterocycles. The van der Waals surface area contributed by atoms with Crippen LogP contribution in [0.5, 0.6) is 0 Å². The number of anilines is 1. The number of benzene rings is 1. The van der Waals surface area contributed by atoms with Gasteiger partial charge in [0.15, 0.2) is 0 Å². The van der Waals surface area contributed by atoms with E-state index in [2.05, 4.69) is 10.3 Å².